The zero-order chi connectivity index (χ0) is 12.4. The molecule has 0 radical (unpaired) electrons. The van der Waals surface area contributed by atoms with E-state index in [1.807, 2.05) is 13.8 Å². The van der Waals surface area contributed by atoms with Gasteiger partial charge in [0.1, 0.15) is 0 Å². The maximum absolute atomic E-state index is 7.44. The monoisotopic (exact) mass is 228 g/mol. The van der Waals surface area contributed by atoms with Crippen LogP contribution in [-0.4, -0.2) is 19.0 Å². The van der Waals surface area contributed by atoms with Crippen molar-refractivity contribution in [1.82, 2.24) is 0 Å². The van der Waals surface area contributed by atoms with E-state index in [9.17, 15) is 0 Å². The highest BCUT2D eigenvalue weighted by atomic mass is 16.5. The highest BCUT2D eigenvalue weighted by Gasteiger charge is 2.20. The maximum atomic E-state index is 7.44. The summed E-state index contributed by atoms with van der Waals surface area (Å²) < 4.78 is 5.53. The van der Waals surface area contributed by atoms with E-state index in [1.165, 1.54) is 19.3 Å². The smallest absolute Gasteiger partial charge is 0.0963 e. The van der Waals surface area contributed by atoms with Crippen LogP contribution in [0.4, 0.5) is 0 Å². The number of rotatable bonds is 10. The third-order valence-electron chi connectivity index (χ3n) is 2.96. The number of hydrogen-bond acceptors (Lipinski definition) is 2. The van der Waals surface area contributed by atoms with E-state index in [2.05, 4.69) is 6.92 Å². The molecule has 0 spiro atoms. The fraction of sp³-hybridized carbons (Fsp3) is 0.923. The van der Waals surface area contributed by atoms with Crippen LogP contribution in [0.3, 0.4) is 0 Å². The Morgan fingerprint density at radius 3 is 2.19 bits per heavy atom. The normalized spacial score (nSPS) is 11.7. The Morgan fingerprint density at radius 1 is 1.12 bits per heavy atom. The van der Waals surface area contributed by atoms with E-state index >= 15 is 0 Å². The van der Waals surface area contributed by atoms with Gasteiger partial charge in [0, 0.05) is 18.6 Å². The third-order valence-corrected chi connectivity index (χ3v) is 2.96. The summed E-state index contributed by atoms with van der Waals surface area (Å²) in [5.74, 6) is 0.288. The second-order valence-corrected chi connectivity index (χ2v) is 5.07. The van der Waals surface area contributed by atoms with Crippen molar-refractivity contribution in [2.45, 2.75) is 59.3 Å². The van der Waals surface area contributed by atoms with Crippen LogP contribution in [0.25, 0.3) is 0 Å². The maximum Gasteiger partial charge on any atom is 0.0963 e. The first-order chi connectivity index (χ1) is 7.50. The van der Waals surface area contributed by atoms with Crippen LogP contribution in [0.2, 0.25) is 0 Å². The van der Waals surface area contributed by atoms with Crippen LogP contribution in [0.5, 0.6) is 0 Å². The van der Waals surface area contributed by atoms with Crippen LogP contribution in [-0.2, 0) is 4.74 Å². The van der Waals surface area contributed by atoms with Crippen LogP contribution < -0.4 is 5.73 Å². The molecule has 0 amide bonds. The van der Waals surface area contributed by atoms with Crippen molar-refractivity contribution in [3.05, 3.63) is 0 Å². The lowest BCUT2D eigenvalue weighted by Gasteiger charge is -2.22. The lowest BCUT2D eigenvalue weighted by Crippen LogP contribution is -2.30. The van der Waals surface area contributed by atoms with Gasteiger partial charge in [0.15, 0.2) is 0 Å². The van der Waals surface area contributed by atoms with Crippen LogP contribution >= 0.6 is 0 Å². The third kappa shape index (κ3) is 7.69. The number of nitrogens with two attached hydrogens (primary N) is 1. The van der Waals surface area contributed by atoms with Gasteiger partial charge in [0.25, 0.3) is 0 Å². The molecule has 0 aromatic carbocycles. The van der Waals surface area contributed by atoms with E-state index < -0.39 is 0 Å². The van der Waals surface area contributed by atoms with Gasteiger partial charge in [-0.15, -0.1) is 0 Å². The Labute approximate surface area is 100 Å². The Morgan fingerprint density at radius 2 is 1.69 bits per heavy atom. The fourth-order valence-electron chi connectivity index (χ4n) is 1.46. The molecule has 0 aromatic rings. The molecule has 0 aliphatic carbocycles. The number of ether oxygens (including phenoxy) is 1. The average molecular weight is 228 g/mol. The molecule has 0 fully saturated rings. The molecule has 0 rings (SSSR count). The Hall–Kier alpha value is -0.570. The summed E-state index contributed by atoms with van der Waals surface area (Å²) in [6.45, 7) is 7.99. The van der Waals surface area contributed by atoms with E-state index in [-0.39, 0.29) is 11.3 Å². The molecule has 0 heterocycles. The molecule has 0 saturated carbocycles. The molecule has 0 aliphatic heterocycles. The van der Waals surface area contributed by atoms with E-state index in [1.54, 1.807) is 0 Å². The summed E-state index contributed by atoms with van der Waals surface area (Å²) in [6.07, 6.45) is 6.81. The Bertz CT molecular complexity index is 190. The highest BCUT2D eigenvalue weighted by Crippen LogP contribution is 2.22. The first kappa shape index (κ1) is 15.4. The molecule has 96 valence electrons. The molecule has 16 heavy (non-hydrogen) atoms. The summed E-state index contributed by atoms with van der Waals surface area (Å²) in [6, 6.07) is 0. The average Bonchev–Trinajstić information content (AvgIpc) is 2.21. The van der Waals surface area contributed by atoms with Gasteiger partial charge in [0.05, 0.1) is 5.84 Å². The van der Waals surface area contributed by atoms with Crippen molar-refractivity contribution in [3.63, 3.8) is 0 Å². The van der Waals surface area contributed by atoms with E-state index in [0.29, 0.717) is 0 Å². The quantitative estimate of drug-likeness (QED) is 0.342. The number of amidine groups is 1. The van der Waals surface area contributed by atoms with Gasteiger partial charge in [-0.05, 0) is 19.3 Å². The first-order valence-corrected chi connectivity index (χ1v) is 6.43. The summed E-state index contributed by atoms with van der Waals surface area (Å²) in [5.41, 5.74) is 5.37. The Kier molecular flexibility index (Phi) is 8.26. The van der Waals surface area contributed by atoms with Crippen molar-refractivity contribution >= 4 is 5.84 Å². The molecular formula is C13H28N2O. The van der Waals surface area contributed by atoms with E-state index in [0.717, 1.165) is 32.5 Å². The predicted octanol–water partition coefficient (Wildman–Crippen LogP) is 3.33. The van der Waals surface area contributed by atoms with Crippen molar-refractivity contribution in [2.24, 2.45) is 11.1 Å². The van der Waals surface area contributed by atoms with Gasteiger partial charge < -0.3 is 10.5 Å². The molecule has 3 nitrogen and oxygen atoms in total. The lowest BCUT2D eigenvalue weighted by atomic mass is 9.86. The van der Waals surface area contributed by atoms with Crippen LogP contribution in [0, 0.1) is 10.8 Å². The molecule has 0 bridgehead atoms. The summed E-state index contributed by atoms with van der Waals surface area (Å²) in [5, 5.41) is 7.44. The first-order valence-electron chi connectivity index (χ1n) is 6.43. The molecule has 0 atom stereocenters. The fourth-order valence-corrected chi connectivity index (χ4v) is 1.46. The summed E-state index contributed by atoms with van der Waals surface area (Å²) in [7, 11) is 0. The van der Waals surface area contributed by atoms with Crippen molar-refractivity contribution in [3.8, 4) is 0 Å². The second-order valence-electron chi connectivity index (χ2n) is 5.07. The van der Waals surface area contributed by atoms with Gasteiger partial charge >= 0.3 is 0 Å². The SMILES string of the molecule is CCCCCOCCCCC(C)(C)C(=N)N. The van der Waals surface area contributed by atoms with Crippen molar-refractivity contribution < 1.29 is 4.74 Å². The zero-order valence-corrected chi connectivity index (χ0v) is 11.1. The van der Waals surface area contributed by atoms with Gasteiger partial charge in [-0.3, -0.25) is 5.41 Å². The zero-order valence-electron chi connectivity index (χ0n) is 11.1. The molecular weight excluding hydrogens is 200 g/mol. The molecule has 0 unspecified atom stereocenters. The topological polar surface area (TPSA) is 59.1 Å². The summed E-state index contributed by atoms with van der Waals surface area (Å²) in [4.78, 5) is 0. The highest BCUT2D eigenvalue weighted by molar-refractivity contribution is 5.82. The number of nitrogens with one attached hydrogen (secondary N) is 1. The van der Waals surface area contributed by atoms with Crippen LogP contribution in [0.15, 0.2) is 0 Å². The molecule has 0 saturated heterocycles. The summed E-state index contributed by atoms with van der Waals surface area (Å²) >= 11 is 0. The number of hydrogen-bond donors (Lipinski definition) is 2. The number of unbranched alkanes of at least 4 members (excludes halogenated alkanes) is 3. The van der Waals surface area contributed by atoms with Gasteiger partial charge in [-0.1, -0.05) is 40.0 Å². The minimum Gasteiger partial charge on any atom is -0.387 e. The lowest BCUT2D eigenvalue weighted by molar-refractivity contribution is 0.125. The van der Waals surface area contributed by atoms with Crippen molar-refractivity contribution in [2.75, 3.05) is 13.2 Å². The van der Waals surface area contributed by atoms with Gasteiger partial charge in [0.2, 0.25) is 0 Å². The molecule has 3 heteroatoms. The van der Waals surface area contributed by atoms with Crippen molar-refractivity contribution in [1.29, 1.82) is 5.41 Å². The largest absolute Gasteiger partial charge is 0.387 e. The van der Waals surface area contributed by atoms with Gasteiger partial charge in [-0.25, -0.2) is 0 Å². The minimum absolute atomic E-state index is 0.151. The second kappa shape index (κ2) is 8.57. The Balaban J connectivity index is 3.30. The van der Waals surface area contributed by atoms with Gasteiger partial charge in [-0.2, -0.15) is 0 Å². The standard InChI is InChI=1S/C13H28N2O/c1-4-5-7-10-16-11-8-6-9-13(2,3)12(14)15/h4-11H2,1-3H3,(H3,14,15). The predicted molar refractivity (Wildman–Crippen MR) is 69.9 cm³/mol. The molecule has 0 aromatic heterocycles. The van der Waals surface area contributed by atoms with E-state index in [4.69, 9.17) is 15.9 Å². The minimum atomic E-state index is -0.151. The van der Waals surface area contributed by atoms with Crippen LogP contribution in [0.1, 0.15) is 59.3 Å². The molecule has 3 N–H and O–H groups in total. The molecule has 0 aliphatic rings.